The maximum absolute atomic E-state index is 7.14. The molecule has 2 aromatic heterocycles. The van der Waals surface area contributed by atoms with Crippen molar-refractivity contribution in [1.29, 1.82) is 0 Å². The van der Waals surface area contributed by atoms with Crippen LogP contribution in [0.2, 0.25) is 5.02 Å². The van der Waals surface area contributed by atoms with E-state index >= 15 is 0 Å². The lowest BCUT2D eigenvalue weighted by Crippen LogP contribution is -1.85. The Morgan fingerprint density at radius 2 is 2.64 bits per heavy atom. The van der Waals surface area contributed by atoms with E-state index in [-0.39, 0.29) is 0 Å². The molecule has 56 valence electrons. The van der Waals surface area contributed by atoms with Gasteiger partial charge in [-0.05, 0) is 6.07 Å². The van der Waals surface area contributed by atoms with Gasteiger partial charge in [-0.15, -0.1) is 0 Å². The number of rotatable bonds is 0. The summed E-state index contributed by atoms with van der Waals surface area (Å²) in [6.45, 7) is -2.29. The van der Waals surface area contributed by atoms with Gasteiger partial charge in [0.25, 0.3) is 0 Å². The molecule has 0 spiro atoms. The Kier molecular flexibility index (Phi) is 0.814. The molecule has 0 aliphatic rings. The molecule has 0 fully saturated rings. The van der Waals surface area contributed by atoms with Gasteiger partial charge in [0.15, 0.2) is 5.65 Å². The Balaban J connectivity index is 2.69. The molecule has 0 atom stereocenters. The fourth-order valence-electron chi connectivity index (χ4n) is 0.892. The van der Waals surface area contributed by atoms with Gasteiger partial charge in [0, 0.05) is 23.5 Å². The summed E-state index contributed by atoms with van der Waals surface area (Å²) in [6.07, 6.45) is 2.86. The van der Waals surface area contributed by atoms with Gasteiger partial charge in [0.1, 0.15) is 0 Å². The largest absolute Gasteiger partial charge is 0.273 e. The average molecular weight is 171 g/mol. The maximum atomic E-state index is 7.14. The second-order valence-electron chi connectivity index (χ2n) is 2.10. The Labute approximate surface area is 72.8 Å². The zero-order valence-corrected chi connectivity index (χ0v) is 6.21. The van der Waals surface area contributed by atoms with Crippen molar-refractivity contribution in [3.05, 3.63) is 23.5 Å². The molecule has 2 heterocycles. The lowest BCUT2D eigenvalue weighted by atomic mass is 10.4. The van der Waals surface area contributed by atoms with Crippen molar-refractivity contribution >= 4 is 22.6 Å². The van der Waals surface area contributed by atoms with Crippen molar-refractivity contribution in [2.24, 2.45) is 6.98 Å². The molecule has 0 radical (unpaired) electrons. The molecular formula is C7H6ClN3. The highest BCUT2D eigenvalue weighted by Crippen LogP contribution is 2.18. The van der Waals surface area contributed by atoms with Crippen molar-refractivity contribution in [3.8, 4) is 0 Å². The van der Waals surface area contributed by atoms with Gasteiger partial charge in [-0.1, -0.05) is 11.6 Å². The predicted molar refractivity (Wildman–Crippen MR) is 43.5 cm³/mol. The van der Waals surface area contributed by atoms with Crippen molar-refractivity contribution in [3.63, 3.8) is 0 Å². The van der Waals surface area contributed by atoms with E-state index in [4.69, 9.17) is 15.7 Å². The first-order valence-corrected chi connectivity index (χ1v) is 3.36. The molecule has 0 N–H and O–H groups in total. The first-order chi connectivity index (χ1) is 6.48. The number of halogens is 1. The summed E-state index contributed by atoms with van der Waals surface area (Å²) in [5.74, 6) is 0. The van der Waals surface area contributed by atoms with Crippen LogP contribution in [0.5, 0.6) is 0 Å². The number of fused-ring (bicyclic) bond motifs is 1. The minimum Gasteiger partial charge on any atom is -0.273 e. The molecule has 0 saturated heterocycles. The summed E-state index contributed by atoms with van der Waals surface area (Å²) < 4.78 is 22.3. The molecule has 11 heavy (non-hydrogen) atoms. The first kappa shape index (κ1) is 4.07. The monoisotopic (exact) mass is 170 g/mol. The SMILES string of the molecule is [2H]C([2H])([2H])n1cc2c(Cl)ccnc2n1. The van der Waals surface area contributed by atoms with Gasteiger partial charge in [-0.2, -0.15) is 5.10 Å². The van der Waals surface area contributed by atoms with E-state index in [9.17, 15) is 0 Å². The summed E-state index contributed by atoms with van der Waals surface area (Å²) in [4.78, 5) is 3.91. The zero-order valence-electron chi connectivity index (χ0n) is 8.45. The number of hydrogen-bond donors (Lipinski definition) is 0. The zero-order chi connectivity index (χ0) is 10.3. The highest BCUT2D eigenvalue weighted by molar-refractivity contribution is 6.35. The summed E-state index contributed by atoms with van der Waals surface area (Å²) in [7, 11) is 0. The van der Waals surface area contributed by atoms with E-state index in [1.165, 1.54) is 12.4 Å². The lowest BCUT2D eigenvalue weighted by molar-refractivity contribution is 0.776. The topological polar surface area (TPSA) is 30.7 Å². The van der Waals surface area contributed by atoms with E-state index in [0.29, 0.717) is 16.1 Å². The average Bonchev–Trinajstić information content (AvgIpc) is 2.48. The fraction of sp³-hybridized carbons (Fsp3) is 0.143. The molecule has 0 bridgehead atoms. The molecule has 2 aromatic rings. The van der Waals surface area contributed by atoms with Crippen LogP contribution in [0.25, 0.3) is 11.0 Å². The van der Waals surface area contributed by atoms with Gasteiger partial charge < -0.3 is 0 Å². The van der Waals surface area contributed by atoms with Crippen LogP contribution < -0.4 is 0 Å². The van der Waals surface area contributed by atoms with Crippen molar-refractivity contribution < 1.29 is 4.11 Å². The quantitative estimate of drug-likeness (QED) is 0.602. The molecule has 0 aliphatic heterocycles. The molecule has 0 aliphatic carbocycles. The number of aromatic nitrogens is 3. The van der Waals surface area contributed by atoms with Crippen LogP contribution in [0.4, 0.5) is 0 Å². The summed E-state index contributed by atoms with van der Waals surface area (Å²) in [5, 5.41) is 4.80. The minimum atomic E-state index is -2.29. The Bertz CT molecular complexity index is 476. The third-order valence-corrected chi connectivity index (χ3v) is 1.70. The van der Waals surface area contributed by atoms with E-state index in [0.717, 1.165) is 4.68 Å². The van der Waals surface area contributed by atoms with Crippen LogP contribution in [-0.2, 0) is 6.98 Å². The maximum Gasteiger partial charge on any atom is 0.182 e. The summed E-state index contributed by atoms with van der Waals surface area (Å²) in [5.41, 5.74) is 0.341. The van der Waals surface area contributed by atoms with Crippen LogP contribution >= 0.6 is 11.6 Å². The normalized spacial score (nSPS) is 15.9. The molecule has 3 nitrogen and oxygen atoms in total. The van der Waals surface area contributed by atoms with Crippen molar-refractivity contribution in [2.45, 2.75) is 0 Å². The minimum absolute atomic E-state index is 0.341. The third-order valence-electron chi connectivity index (χ3n) is 1.37. The first-order valence-electron chi connectivity index (χ1n) is 4.49. The fourth-order valence-corrected chi connectivity index (χ4v) is 1.08. The predicted octanol–water partition coefficient (Wildman–Crippen LogP) is 1.62. The van der Waals surface area contributed by atoms with Gasteiger partial charge in [0.2, 0.25) is 0 Å². The number of hydrogen-bond acceptors (Lipinski definition) is 2. The molecule has 0 saturated carbocycles. The van der Waals surface area contributed by atoms with Gasteiger partial charge in [-0.3, -0.25) is 4.68 Å². The smallest absolute Gasteiger partial charge is 0.182 e. The van der Waals surface area contributed by atoms with Crippen molar-refractivity contribution in [1.82, 2.24) is 14.8 Å². The van der Waals surface area contributed by atoms with Crippen LogP contribution in [-0.4, -0.2) is 14.8 Å². The molecule has 4 heteroatoms. The number of aryl methyl sites for hydroxylation is 1. The third kappa shape index (κ3) is 0.973. The van der Waals surface area contributed by atoms with Crippen LogP contribution in [0, 0.1) is 0 Å². The van der Waals surface area contributed by atoms with Crippen LogP contribution in [0.1, 0.15) is 4.11 Å². The highest BCUT2D eigenvalue weighted by Gasteiger charge is 2.01. The van der Waals surface area contributed by atoms with Crippen LogP contribution in [0.3, 0.4) is 0 Å². The van der Waals surface area contributed by atoms with E-state index in [2.05, 4.69) is 10.1 Å². The lowest BCUT2D eigenvalue weighted by Gasteiger charge is -1.86. The van der Waals surface area contributed by atoms with E-state index in [1.54, 1.807) is 6.07 Å². The van der Waals surface area contributed by atoms with E-state index in [1.807, 2.05) is 0 Å². The van der Waals surface area contributed by atoms with Gasteiger partial charge >= 0.3 is 0 Å². The Morgan fingerprint density at radius 3 is 3.36 bits per heavy atom. The summed E-state index contributed by atoms with van der Waals surface area (Å²) in [6, 6.07) is 1.59. The van der Waals surface area contributed by atoms with E-state index < -0.39 is 6.98 Å². The van der Waals surface area contributed by atoms with Gasteiger partial charge in [0.05, 0.1) is 10.4 Å². The molecule has 2 rings (SSSR count). The number of pyridine rings is 1. The standard InChI is InChI=1S/C7H6ClN3/c1-11-4-5-6(8)2-3-9-7(5)10-11/h2-4H,1H3/i1D3. The number of nitrogens with zero attached hydrogens (tertiary/aromatic N) is 3. The summed E-state index contributed by atoms with van der Waals surface area (Å²) >= 11 is 5.84. The molecule has 0 unspecified atom stereocenters. The molecule has 0 aromatic carbocycles. The Hall–Kier alpha value is -1.09. The highest BCUT2D eigenvalue weighted by atomic mass is 35.5. The molecular weight excluding hydrogens is 162 g/mol. The molecule has 0 amide bonds. The van der Waals surface area contributed by atoms with Crippen molar-refractivity contribution in [2.75, 3.05) is 0 Å². The van der Waals surface area contributed by atoms with Crippen LogP contribution in [0.15, 0.2) is 18.5 Å². The van der Waals surface area contributed by atoms with Gasteiger partial charge in [-0.25, -0.2) is 4.98 Å². The second-order valence-corrected chi connectivity index (χ2v) is 2.51. The second kappa shape index (κ2) is 2.20. The Morgan fingerprint density at radius 1 is 1.73 bits per heavy atom.